The summed E-state index contributed by atoms with van der Waals surface area (Å²) in [5.74, 6) is 0.488. The van der Waals surface area contributed by atoms with Crippen LogP contribution in [0.3, 0.4) is 0 Å². The summed E-state index contributed by atoms with van der Waals surface area (Å²) in [4.78, 5) is 0.216. The summed E-state index contributed by atoms with van der Waals surface area (Å²) in [7, 11) is -1.68. The van der Waals surface area contributed by atoms with E-state index < -0.39 is 10.0 Å². The molecule has 0 fully saturated rings. The largest absolute Gasteiger partial charge is 0.274 e. The predicted octanol–water partition coefficient (Wildman–Crippen LogP) is 0.744. The van der Waals surface area contributed by atoms with E-state index in [1.165, 1.54) is 17.1 Å². The highest BCUT2D eigenvalue weighted by molar-refractivity contribution is 7.89. The highest BCUT2D eigenvalue weighted by Gasteiger charge is 2.14. The van der Waals surface area contributed by atoms with Crippen LogP contribution in [-0.4, -0.2) is 24.7 Å². The van der Waals surface area contributed by atoms with Crippen molar-refractivity contribution in [2.45, 2.75) is 25.2 Å². The Kier molecular flexibility index (Phi) is 3.87. The fourth-order valence-corrected chi connectivity index (χ4v) is 2.13. The first-order valence-electron chi connectivity index (χ1n) is 4.90. The lowest BCUT2D eigenvalue weighted by atomic mass is 10.1. The maximum Gasteiger partial charge on any atom is 0.243 e. The molecule has 0 atom stereocenters. The Balaban J connectivity index is 2.60. The van der Waals surface area contributed by atoms with E-state index in [4.69, 9.17) is 0 Å². The summed E-state index contributed by atoms with van der Waals surface area (Å²) in [6, 6.07) is 0. The van der Waals surface area contributed by atoms with Crippen LogP contribution in [0.5, 0.6) is 0 Å². The van der Waals surface area contributed by atoms with Gasteiger partial charge in [-0.3, -0.25) is 4.68 Å². The second-order valence-corrected chi connectivity index (χ2v) is 5.70. The maximum atomic E-state index is 11.7. The molecular formula is C9H17N3O2S. The van der Waals surface area contributed by atoms with Gasteiger partial charge in [0.25, 0.3) is 0 Å². The Labute approximate surface area is 90.5 Å². The van der Waals surface area contributed by atoms with Crippen molar-refractivity contribution in [1.29, 1.82) is 0 Å². The molecule has 0 saturated carbocycles. The van der Waals surface area contributed by atoms with E-state index in [0.29, 0.717) is 12.5 Å². The van der Waals surface area contributed by atoms with E-state index in [-0.39, 0.29) is 4.90 Å². The van der Waals surface area contributed by atoms with Crippen LogP contribution in [0.2, 0.25) is 0 Å². The fraction of sp³-hybridized carbons (Fsp3) is 0.667. The molecule has 5 nitrogen and oxygen atoms in total. The Morgan fingerprint density at radius 1 is 1.53 bits per heavy atom. The average Bonchev–Trinajstić information content (AvgIpc) is 2.51. The van der Waals surface area contributed by atoms with E-state index in [2.05, 4.69) is 23.7 Å². The van der Waals surface area contributed by atoms with Crippen molar-refractivity contribution in [3.05, 3.63) is 12.4 Å². The SMILES string of the molecule is CC(C)CCNS(=O)(=O)c1cnn(C)c1. The lowest BCUT2D eigenvalue weighted by Crippen LogP contribution is -2.25. The minimum atomic E-state index is -3.37. The number of aryl methyl sites for hydroxylation is 1. The Morgan fingerprint density at radius 3 is 2.67 bits per heavy atom. The van der Waals surface area contributed by atoms with Crippen LogP contribution in [0, 0.1) is 5.92 Å². The smallest absolute Gasteiger partial charge is 0.243 e. The molecule has 0 saturated heterocycles. The summed E-state index contributed by atoms with van der Waals surface area (Å²) in [6.07, 6.45) is 3.66. The van der Waals surface area contributed by atoms with Gasteiger partial charge in [0, 0.05) is 19.8 Å². The van der Waals surface area contributed by atoms with Crippen molar-refractivity contribution in [2.24, 2.45) is 13.0 Å². The van der Waals surface area contributed by atoms with Crippen LogP contribution in [0.1, 0.15) is 20.3 Å². The Bertz CT molecular complexity index is 409. The second kappa shape index (κ2) is 4.76. The Morgan fingerprint density at radius 2 is 2.20 bits per heavy atom. The molecule has 0 unspecified atom stereocenters. The third-order valence-corrected chi connectivity index (χ3v) is 3.42. The number of nitrogens with one attached hydrogen (secondary N) is 1. The minimum Gasteiger partial charge on any atom is -0.274 e. The minimum absolute atomic E-state index is 0.216. The molecule has 1 N–H and O–H groups in total. The fourth-order valence-electron chi connectivity index (χ4n) is 1.10. The van der Waals surface area contributed by atoms with E-state index in [9.17, 15) is 8.42 Å². The van der Waals surface area contributed by atoms with E-state index >= 15 is 0 Å². The predicted molar refractivity (Wildman–Crippen MR) is 57.9 cm³/mol. The van der Waals surface area contributed by atoms with Gasteiger partial charge in [-0.1, -0.05) is 13.8 Å². The van der Waals surface area contributed by atoms with Crippen molar-refractivity contribution in [3.8, 4) is 0 Å². The molecule has 1 aromatic heterocycles. The molecule has 0 aliphatic heterocycles. The molecule has 0 aliphatic carbocycles. The highest BCUT2D eigenvalue weighted by atomic mass is 32.2. The van der Waals surface area contributed by atoms with Gasteiger partial charge in [0.2, 0.25) is 10.0 Å². The van der Waals surface area contributed by atoms with E-state index in [0.717, 1.165) is 6.42 Å². The molecule has 0 aromatic carbocycles. The van der Waals surface area contributed by atoms with Gasteiger partial charge < -0.3 is 0 Å². The topological polar surface area (TPSA) is 64.0 Å². The molecule has 6 heteroatoms. The van der Waals surface area contributed by atoms with E-state index in [1.54, 1.807) is 7.05 Å². The maximum absolute atomic E-state index is 11.7. The van der Waals surface area contributed by atoms with Gasteiger partial charge in [0.05, 0.1) is 6.20 Å². The summed E-state index contributed by atoms with van der Waals surface area (Å²) in [5.41, 5.74) is 0. The molecule has 1 aromatic rings. The number of rotatable bonds is 5. The van der Waals surface area contributed by atoms with Gasteiger partial charge >= 0.3 is 0 Å². The van der Waals surface area contributed by atoms with E-state index in [1.807, 2.05) is 0 Å². The van der Waals surface area contributed by atoms with Crippen LogP contribution in [-0.2, 0) is 17.1 Å². The zero-order valence-corrected chi connectivity index (χ0v) is 10.1. The summed E-state index contributed by atoms with van der Waals surface area (Å²) >= 11 is 0. The lowest BCUT2D eigenvalue weighted by Gasteiger charge is -2.06. The van der Waals surface area contributed by atoms with Gasteiger partial charge in [0.1, 0.15) is 4.90 Å². The van der Waals surface area contributed by atoms with Crippen LogP contribution in [0.4, 0.5) is 0 Å². The number of aromatic nitrogens is 2. The average molecular weight is 231 g/mol. The molecule has 0 bridgehead atoms. The molecule has 15 heavy (non-hydrogen) atoms. The second-order valence-electron chi connectivity index (χ2n) is 3.93. The first kappa shape index (κ1) is 12.2. The number of hydrogen-bond donors (Lipinski definition) is 1. The van der Waals surface area contributed by atoms with Gasteiger partial charge in [-0.25, -0.2) is 13.1 Å². The van der Waals surface area contributed by atoms with Crippen molar-refractivity contribution in [2.75, 3.05) is 6.54 Å². The van der Waals surface area contributed by atoms with Crippen LogP contribution >= 0.6 is 0 Å². The van der Waals surface area contributed by atoms with Crippen molar-refractivity contribution in [3.63, 3.8) is 0 Å². The Hall–Kier alpha value is -0.880. The molecule has 1 heterocycles. The highest BCUT2D eigenvalue weighted by Crippen LogP contribution is 2.06. The number of nitrogens with zero attached hydrogens (tertiary/aromatic N) is 2. The van der Waals surface area contributed by atoms with Crippen LogP contribution < -0.4 is 4.72 Å². The van der Waals surface area contributed by atoms with Gasteiger partial charge in [-0.05, 0) is 12.3 Å². The molecule has 0 radical (unpaired) electrons. The van der Waals surface area contributed by atoms with Crippen molar-refractivity contribution >= 4 is 10.0 Å². The summed E-state index contributed by atoms with van der Waals surface area (Å²) < 4.78 is 27.3. The quantitative estimate of drug-likeness (QED) is 0.813. The van der Waals surface area contributed by atoms with Crippen molar-refractivity contribution < 1.29 is 8.42 Å². The molecule has 86 valence electrons. The first-order chi connectivity index (χ1) is 6.92. The molecule has 1 rings (SSSR count). The molecule has 0 amide bonds. The number of hydrogen-bond acceptors (Lipinski definition) is 3. The molecule has 0 spiro atoms. The lowest BCUT2D eigenvalue weighted by molar-refractivity contribution is 0.551. The third kappa shape index (κ3) is 3.64. The first-order valence-corrected chi connectivity index (χ1v) is 6.38. The van der Waals surface area contributed by atoms with Gasteiger partial charge in [-0.2, -0.15) is 5.10 Å². The van der Waals surface area contributed by atoms with Gasteiger partial charge in [-0.15, -0.1) is 0 Å². The molecule has 0 aliphatic rings. The van der Waals surface area contributed by atoms with Crippen LogP contribution in [0.25, 0.3) is 0 Å². The third-order valence-electron chi connectivity index (χ3n) is 2.01. The summed E-state index contributed by atoms with van der Waals surface area (Å²) in [6.45, 7) is 4.58. The van der Waals surface area contributed by atoms with Crippen LogP contribution in [0.15, 0.2) is 17.3 Å². The molecular weight excluding hydrogens is 214 g/mol. The monoisotopic (exact) mass is 231 g/mol. The normalized spacial score (nSPS) is 12.3. The zero-order chi connectivity index (χ0) is 11.5. The standard InChI is InChI=1S/C9H17N3O2S/c1-8(2)4-5-11-15(13,14)9-6-10-12(3)7-9/h6-8,11H,4-5H2,1-3H3. The summed E-state index contributed by atoms with van der Waals surface area (Å²) in [5, 5.41) is 3.82. The van der Waals surface area contributed by atoms with Gasteiger partial charge in [0.15, 0.2) is 0 Å². The van der Waals surface area contributed by atoms with Crippen molar-refractivity contribution in [1.82, 2.24) is 14.5 Å². The zero-order valence-electron chi connectivity index (χ0n) is 9.27. The number of sulfonamides is 1.